The molecule has 0 aliphatic carbocycles. The van der Waals surface area contributed by atoms with Gasteiger partial charge in [-0.15, -0.1) is 0 Å². The summed E-state index contributed by atoms with van der Waals surface area (Å²) in [4.78, 5) is 28.3. The van der Waals surface area contributed by atoms with Crippen LogP contribution in [0.5, 0.6) is 0 Å². The standard InChI is InChI=1S/C29H34N4O2/c1-21(34)19-30-27-14-17-33(20-27)28-10-8-26(9-11-28)31-29(35)32-15-12-23(13-16-32)25-7-6-22-4-2-3-5-24(22)18-25/h2-11,18,23,27,30H,12-17,19-20H2,1H3,(H,31,35). The number of fused-ring (bicyclic) bond motifs is 1. The van der Waals surface area contributed by atoms with E-state index in [1.807, 2.05) is 17.0 Å². The third-order valence-corrected chi connectivity index (χ3v) is 7.34. The van der Waals surface area contributed by atoms with Gasteiger partial charge in [-0.05, 0) is 72.7 Å². The number of carbonyl (C=O) groups is 2. The van der Waals surface area contributed by atoms with Crippen molar-refractivity contribution < 1.29 is 9.59 Å². The normalized spacial score (nSPS) is 18.7. The molecule has 2 aliphatic rings. The van der Waals surface area contributed by atoms with Crippen LogP contribution < -0.4 is 15.5 Å². The molecule has 3 aromatic rings. The molecule has 2 amide bonds. The number of nitrogens with zero attached hydrogens (tertiary/aromatic N) is 2. The monoisotopic (exact) mass is 470 g/mol. The van der Waals surface area contributed by atoms with Gasteiger partial charge < -0.3 is 20.4 Å². The summed E-state index contributed by atoms with van der Waals surface area (Å²) in [6.45, 7) is 5.44. The minimum absolute atomic E-state index is 0.0237. The molecule has 2 aliphatic heterocycles. The number of piperidine rings is 1. The number of carbonyl (C=O) groups excluding carboxylic acids is 2. The van der Waals surface area contributed by atoms with Gasteiger partial charge in [0.25, 0.3) is 0 Å². The van der Waals surface area contributed by atoms with Crippen molar-refractivity contribution in [3.05, 3.63) is 72.3 Å². The fraction of sp³-hybridized carbons (Fsp3) is 0.379. The Morgan fingerprint density at radius 2 is 1.63 bits per heavy atom. The van der Waals surface area contributed by atoms with Crippen molar-refractivity contribution in [1.82, 2.24) is 10.2 Å². The maximum absolute atomic E-state index is 12.9. The lowest BCUT2D eigenvalue weighted by atomic mass is 9.88. The Morgan fingerprint density at radius 1 is 0.886 bits per heavy atom. The molecule has 5 rings (SSSR count). The van der Waals surface area contributed by atoms with E-state index >= 15 is 0 Å². The molecule has 0 spiro atoms. The van der Waals surface area contributed by atoms with Crippen LogP contribution in [0.1, 0.15) is 37.7 Å². The van der Waals surface area contributed by atoms with Crippen LogP contribution in [-0.2, 0) is 4.79 Å². The van der Waals surface area contributed by atoms with Gasteiger partial charge in [0, 0.05) is 43.6 Å². The third-order valence-electron chi connectivity index (χ3n) is 7.34. The molecular weight excluding hydrogens is 436 g/mol. The molecule has 0 aromatic heterocycles. The number of anilines is 2. The van der Waals surface area contributed by atoms with Crippen molar-refractivity contribution in [3.63, 3.8) is 0 Å². The van der Waals surface area contributed by atoms with Gasteiger partial charge in [0.2, 0.25) is 0 Å². The second kappa shape index (κ2) is 10.5. The molecular formula is C29H34N4O2. The number of rotatable bonds is 6. The molecule has 6 nitrogen and oxygen atoms in total. The second-order valence-electron chi connectivity index (χ2n) is 9.86. The van der Waals surface area contributed by atoms with E-state index in [0.29, 0.717) is 18.5 Å². The van der Waals surface area contributed by atoms with Gasteiger partial charge in [0.1, 0.15) is 5.78 Å². The lowest BCUT2D eigenvalue weighted by Crippen LogP contribution is -2.40. The predicted octanol–water partition coefficient (Wildman–Crippen LogP) is 5.01. The Kier molecular flexibility index (Phi) is 7.00. The number of ketones is 1. The Bertz CT molecular complexity index is 1180. The highest BCUT2D eigenvalue weighted by Gasteiger charge is 2.25. The zero-order chi connectivity index (χ0) is 24.2. The maximum atomic E-state index is 12.9. The summed E-state index contributed by atoms with van der Waals surface area (Å²) in [5.41, 5.74) is 3.34. The molecule has 6 heteroatoms. The first-order valence-corrected chi connectivity index (χ1v) is 12.7. The summed E-state index contributed by atoms with van der Waals surface area (Å²) < 4.78 is 0. The van der Waals surface area contributed by atoms with E-state index in [4.69, 9.17) is 0 Å². The molecule has 0 radical (unpaired) electrons. The first kappa shape index (κ1) is 23.4. The van der Waals surface area contributed by atoms with Crippen LogP contribution in [0.3, 0.4) is 0 Å². The highest BCUT2D eigenvalue weighted by Crippen LogP contribution is 2.30. The average molecular weight is 471 g/mol. The lowest BCUT2D eigenvalue weighted by molar-refractivity contribution is -0.116. The molecule has 3 aromatic carbocycles. The first-order valence-electron chi connectivity index (χ1n) is 12.7. The van der Waals surface area contributed by atoms with Crippen LogP contribution in [0.4, 0.5) is 16.2 Å². The number of Topliss-reactive ketones (excluding diaryl/α,β-unsaturated/α-hetero) is 1. The molecule has 2 saturated heterocycles. The Balaban J connectivity index is 1.11. The molecule has 2 heterocycles. The highest BCUT2D eigenvalue weighted by atomic mass is 16.2. The quantitative estimate of drug-likeness (QED) is 0.532. The number of hydrogen-bond donors (Lipinski definition) is 2. The van der Waals surface area contributed by atoms with E-state index < -0.39 is 0 Å². The Hall–Kier alpha value is -3.38. The summed E-state index contributed by atoms with van der Waals surface area (Å²) in [5, 5.41) is 8.94. The zero-order valence-electron chi connectivity index (χ0n) is 20.4. The van der Waals surface area contributed by atoms with Crippen LogP contribution in [-0.4, -0.2) is 55.5 Å². The van der Waals surface area contributed by atoms with Crippen LogP contribution in [0.2, 0.25) is 0 Å². The van der Waals surface area contributed by atoms with Gasteiger partial charge in [0.15, 0.2) is 0 Å². The molecule has 1 atom stereocenters. The van der Waals surface area contributed by atoms with Crippen LogP contribution in [0, 0.1) is 0 Å². The number of likely N-dealkylation sites (tertiary alicyclic amines) is 1. The summed E-state index contributed by atoms with van der Waals surface area (Å²) in [5.74, 6) is 0.665. The van der Waals surface area contributed by atoms with Crippen LogP contribution >= 0.6 is 0 Å². The molecule has 2 N–H and O–H groups in total. The number of urea groups is 1. The minimum atomic E-state index is -0.0237. The van der Waals surface area contributed by atoms with Crippen molar-refractivity contribution in [2.75, 3.05) is 42.9 Å². The maximum Gasteiger partial charge on any atom is 0.321 e. The van der Waals surface area contributed by atoms with E-state index in [-0.39, 0.29) is 11.8 Å². The molecule has 35 heavy (non-hydrogen) atoms. The first-order chi connectivity index (χ1) is 17.0. The summed E-state index contributed by atoms with van der Waals surface area (Å²) in [7, 11) is 0. The molecule has 1 unspecified atom stereocenters. The van der Waals surface area contributed by atoms with Crippen molar-refractivity contribution in [1.29, 1.82) is 0 Å². The van der Waals surface area contributed by atoms with E-state index in [2.05, 4.69) is 70.1 Å². The van der Waals surface area contributed by atoms with Crippen LogP contribution in [0.25, 0.3) is 10.8 Å². The smallest absolute Gasteiger partial charge is 0.321 e. The average Bonchev–Trinajstić information content (AvgIpc) is 3.37. The lowest BCUT2D eigenvalue weighted by Gasteiger charge is -2.32. The number of nitrogens with one attached hydrogen (secondary N) is 2. The fourth-order valence-corrected chi connectivity index (χ4v) is 5.29. The molecule has 2 fully saturated rings. The fourth-order valence-electron chi connectivity index (χ4n) is 5.29. The van der Waals surface area contributed by atoms with Crippen LogP contribution in [0.15, 0.2) is 66.7 Å². The zero-order valence-corrected chi connectivity index (χ0v) is 20.4. The van der Waals surface area contributed by atoms with Crippen molar-refractivity contribution >= 4 is 34.0 Å². The number of hydrogen-bond acceptors (Lipinski definition) is 4. The van der Waals surface area contributed by atoms with Crippen molar-refractivity contribution in [2.45, 2.75) is 38.1 Å². The molecule has 0 bridgehead atoms. The van der Waals surface area contributed by atoms with Gasteiger partial charge in [-0.1, -0.05) is 42.5 Å². The Morgan fingerprint density at radius 3 is 2.37 bits per heavy atom. The minimum Gasteiger partial charge on any atom is -0.370 e. The third kappa shape index (κ3) is 5.65. The predicted molar refractivity (Wildman–Crippen MR) is 142 cm³/mol. The number of benzene rings is 3. The van der Waals surface area contributed by atoms with Gasteiger partial charge >= 0.3 is 6.03 Å². The van der Waals surface area contributed by atoms with Crippen molar-refractivity contribution in [2.24, 2.45) is 0 Å². The number of amides is 2. The van der Waals surface area contributed by atoms with Gasteiger partial charge in [-0.25, -0.2) is 4.79 Å². The van der Waals surface area contributed by atoms with E-state index in [9.17, 15) is 9.59 Å². The second-order valence-corrected chi connectivity index (χ2v) is 9.86. The summed E-state index contributed by atoms with van der Waals surface area (Å²) in [6.07, 6.45) is 3.00. The van der Waals surface area contributed by atoms with Crippen molar-refractivity contribution in [3.8, 4) is 0 Å². The molecule has 0 saturated carbocycles. The van der Waals surface area contributed by atoms with Gasteiger partial charge in [0.05, 0.1) is 6.54 Å². The van der Waals surface area contributed by atoms with Gasteiger partial charge in [-0.3, -0.25) is 4.79 Å². The topological polar surface area (TPSA) is 64.7 Å². The van der Waals surface area contributed by atoms with E-state index in [1.165, 1.54) is 16.3 Å². The Labute approximate surface area is 207 Å². The highest BCUT2D eigenvalue weighted by molar-refractivity contribution is 5.89. The largest absolute Gasteiger partial charge is 0.370 e. The molecule has 182 valence electrons. The van der Waals surface area contributed by atoms with Gasteiger partial charge in [-0.2, -0.15) is 0 Å². The summed E-state index contributed by atoms with van der Waals surface area (Å²) >= 11 is 0. The SMILES string of the molecule is CC(=O)CNC1CCN(c2ccc(NC(=O)N3CCC(c4ccc5ccccc5c4)CC3)cc2)C1. The van der Waals surface area contributed by atoms with E-state index in [0.717, 1.165) is 56.8 Å². The van der Waals surface area contributed by atoms with E-state index in [1.54, 1.807) is 6.92 Å². The summed E-state index contributed by atoms with van der Waals surface area (Å²) in [6, 6.07) is 23.6.